The summed E-state index contributed by atoms with van der Waals surface area (Å²) in [4.78, 5) is 25.5. The maximum atomic E-state index is 12.6. The zero-order chi connectivity index (χ0) is 18.8. The van der Waals surface area contributed by atoms with Crippen LogP contribution in [0.25, 0.3) is 0 Å². The van der Waals surface area contributed by atoms with Crippen molar-refractivity contribution in [3.8, 4) is 11.5 Å². The maximum Gasteiger partial charge on any atom is 0.257 e. The highest BCUT2D eigenvalue weighted by Crippen LogP contribution is 2.20. The SMILES string of the molecule is CNC(=O)CCN(C)C(=O)c1ccccc1OCCOc1ccccc1. The van der Waals surface area contributed by atoms with Crippen LogP contribution < -0.4 is 14.8 Å². The molecule has 2 rings (SSSR count). The number of amides is 2. The Hall–Kier alpha value is -3.02. The summed E-state index contributed by atoms with van der Waals surface area (Å²) in [5, 5.41) is 2.54. The van der Waals surface area contributed by atoms with Crippen molar-refractivity contribution in [2.75, 3.05) is 33.9 Å². The lowest BCUT2D eigenvalue weighted by Gasteiger charge is -2.19. The van der Waals surface area contributed by atoms with Gasteiger partial charge in [0.2, 0.25) is 5.91 Å². The second-order valence-corrected chi connectivity index (χ2v) is 5.66. The number of carbonyl (C=O) groups is 2. The first kappa shape index (κ1) is 19.3. The Morgan fingerprint density at radius 1 is 0.962 bits per heavy atom. The van der Waals surface area contributed by atoms with Crippen LogP contribution >= 0.6 is 0 Å². The Labute approximate surface area is 153 Å². The molecule has 138 valence electrons. The Bertz CT molecular complexity index is 719. The molecule has 6 heteroatoms. The quantitative estimate of drug-likeness (QED) is 0.701. The highest BCUT2D eigenvalue weighted by Gasteiger charge is 2.17. The van der Waals surface area contributed by atoms with E-state index >= 15 is 0 Å². The fourth-order valence-electron chi connectivity index (χ4n) is 2.30. The lowest BCUT2D eigenvalue weighted by molar-refractivity contribution is -0.120. The van der Waals surface area contributed by atoms with E-state index in [1.54, 1.807) is 32.3 Å². The molecule has 6 nitrogen and oxygen atoms in total. The van der Waals surface area contributed by atoms with E-state index in [-0.39, 0.29) is 18.2 Å². The molecule has 2 aromatic carbocycles. The number of rotatable bonds is 9. The van der Waals surface area contributed by atoms with E-state index in [2.05, 4.69) is 5.32 Å². The number of ether oxygens (including phenoxy) is 2. The zero-order valence-electron chi connectivity index (χ0n) is 15.1. The van der Waals surface area contributed by atoms with Crippen molar-refractivity contribution in [2.24, 2.45) is 0 Å². The normalized spacial score (nSPS) is 10.1. The minimum atomic E-state index is -0.187. The predicted octanol–water partition coefficient (Wildman–Crippen LogP) is 2.35. The lowest BCUT2D eigenvalue weighted by atomic mass is 10.1. The van der Waals surface area contributed by atoms with Crippen molar-refractivity contribution in [3.05, 3.63) is 60.2 Å². The minimum absolute atomic E-state index is 0.104. The van der Waals surface area contributed by atoms with Gasteiger partial charge in [0.15, 0.2) is 0 Å². The largest absolute Gasteiger partial charge is 0.490 e. The smallest absolute Gasteiger partial charge is 0.257 e. The molecule has 0 aromatic heterocycles. The Morgan fingerprint density at radius 3 is 2.35 bits per heavy atom. The van der Waals surface area contributed by atoms with Gasteiger partial charge >= 0.3 is 0 Å². The highest BCUT2D eigenvalue weighted by molar-refractivity contribution is 5.97. The molecule has 0 aliphatic rings. The first-order valence-electron chi connectivity index (χ1n) is 8.47. The average molecular weight is 356 g/mol. The highest BCUT2D eigenvalue weighted by atomic mass is 16.5. The van der Waals surface area contributed by atoms with Crippen LogP contribution in [-0.2, 0) is 4.79 Å². The minimum Gasteiger partial charge on any atom is -0.490 e. The number of carbonyl (C=O) groups excluding carboxylic acids is 2. The molecule has 0 atom stereocenters. The van der Waals surface area contributed by atoms with Gasteiger partial charge in [0, 0.05) is 27.1 Å². The molecule has 0 unspecified atom stereocenters. The molecule has 26 heavy (non-hydrogen) atoms. The summed E-state index contributed by atoms with van der Waals surface area (Å²) in [5.41, 5.74) is 0.464. The summed E-state index contributed by atoms with van der Waals surface area (Å²) in [7, 11) is 3.24. The number of nitrogens with one attached hydrogen (secondary N) is 1. The number of hydrogen-bond donors (Lipinski definition) is 1. The number of nitrogens with zero attached hydrogens (tertiary/aromatic N) is 1. The molecule has 2 amide bonds. The molecule has 2 aromatic rings. The molecule has 1 N–H and O–H groups in total. The van der Waals surface area contributed by atoms with E-state index in [0.29, 0.717) is 31.1 Å². The number of hydrogen-bond acceptors (Lipinski definition) is 4. The number of benzene rings is 2. The van der Waals surface area contributed by atoms with Crippen LogP contribution in [0.3, 0.4) is 0 Å². The monoisotopic (exact) mass is 356 g/mol. The molecule has 0 saturated carbocycles. The molecule has 0 aliphatic carbocycles. The maximum absolute atomic E-state index is 12.6. The van der Waals surface area contributed by atoms with Gasteiger partial charge < -0.3 is 19.7 Å². The van der Waals surface area contributed by atoms with Crippen molar-refractivity contribution in [1.82, 2.24) is 10.2 Å². The summed E-state index contributed by atoms with van der Waals surface area (Å²) in [5.74, 6) is 0.982. The molecule has 0 saturated heterocycles. The predicted molar refractivity (Wildman–Crippen MR) is 99.5 cm³/mol. The van der Waals surface area contributed by atoms with E-state index in [4.69, 9.17) is 9.47 Å². The van der Waals surface area contributed by atoms with Gasteiger partial charge in [0.25, 0.3) is 5.91 Å². The summed E-state index contributed by atoms with van der Waals surface area (Å²) in [6.07, 6.45) is 0.257. The summed E-state index contributed by atoms with van der Waals surface area (Å²) in [6.45, 7) is 1.03. The molecule has 0 spiro atoms. The Morgan fingerprint density at radius 2 is 1.62 bits per heavy atom. The molecular weight excluding hydrogens is 332 g/mol. The van der Waals surface area contributed by atoms with Gasteiger partial charge in [-0.1, -0.05) is 30.3 Å². The van der Waals surface area contributed by atoms with Gasteiger partial charge in [-0.25, -0.2) is 0 Å². The molecular formula is C20H24N2O4. The van der Waals surface area contributed by atoms with Crippen molar-refractivity contribution < 1.29 is 19.1 Å². The van der Waals surface area contributed by atoms with Gasteiger partial charge in [0.1, 0.15) is 24.7 Å². The van der Waals surface area contributed by atoms with Gasteiger partial charge in [-0.15, -0.1) is 0 Å². The lowest BCUT2D eigenvalue weighted by Crippen LogP contribution is -2.31. The molecule has 0 aliphatic heterocycles. The van der Waals surface area contributed by atoms with Gasteiger partial charge in [-0.05, 0) is 24.3 Å². The van der Waals surface area contributed by atoms with Gasteiger partial charge in [0.05, 0.1) is 5.56 Å². The van der Waals surface area contributed by atoms with Gasteiger partial charge in [-0.2, -0.15) is 0 Å². The molecule has 0 radical (unpaired) electrons. The second kappa shape index (κ2) is 10.1. The second-order valence-electron chi connectivity index (χ2n) is 5.66. The van der Waals surface area contributed by atoms with E-state index < -0.39 is 0 Å². The van der Waals surface area contributed by atoms with Crippen LogP contribution in [0.4, 0.5) is 0 Å². The van der Waals surface area contributed by atoms with Crippen LogP contribution in [0.1, 0.15) is 16.8 Å². The third kappa shape index (κ3) is 5.81. The Balaban J connectivity index is 1.89. The topological polar surface area (TPSA) is 67.9 Å². The van der Waals surface area contributed by atoms with Crippen molar-refractivity contribution in [1.29, 1.82) is 0 Å². The molecule has 0 heterocycles. The van der Waals surface area contributed by atoms with Crippen molar-refractivity contribution in [2.45, 2.75) is 6.42 Å². The van der Waals surface area contributed by atoms with Crippen molar-refractivity contribution in [3.63, 3.8) is 0 Å². The third-order valence-corrected chi connectivity index (χ3v) is 3.77. The standard InChI is InChI=1S/C20H24N2O4/c1-21-19(23)12-13-22(2)20(24)17-10-6-7-11-18(17)26-15-14-25-16-8-4-3-5-9-16/h3-11H,12-15H2,1-2H3,(H,21,23). The summed E-state index contributed by atoms with van der Waals surface area (Å²) in [6, 6.07) is 16.5. The van der Waals surface area contributed by atoms with E-state index in [1.165, 1.54) is 4.90 Å². The van der Waals surface area contributed by atoms with E-state index in [1.807, 2.05) is 36.4 Å². The number of para-hydroxylation sites is 2. The van der Waals surface area contributed by atoms with Crippen molar-refractivity contribution >= 4 is 11.8 Å². The van der Waals surface area contributed by atoms with Gasteiger partial charge in [-0.3, -0.25) is 9.59 Å². The van der Waals surface area contributed by atoms with Crippen LogP contribution in [0.15, 0.2) is 54.6 Å². The zero-order valence-corrected chi connectivity index (χ0v) is 15.1. The van der Waals surface area contributed by atoms with Crippen LogP contribution in [0, 0.1) is 0 Å². The van der Waals surface area contributed by atoms with Crippen LogP contribution in [0.5, 0.6) is 11.5 Å². The van der Waals surface area contributed by atoms with E-state index in [9.17, 15) is 9.59 Å². The molecule has 0 fully saturated rings. The average Bonchev–Trinajstić information content (AvgIpc) is 2.69. The summed E-state index contributed by atoms with van der Waals surface area (Å²) >= 11 is 0. The Kier molecular flexibility index (Phi) is 7.49. The summed E-state index contributed by atoms with van der Waals surface area (Å²) < 4.78 is 11.3. The van der Waals surface area contributed by atoms with Crippen LogP contribution in [0.2, 0.25) is 0 Å². The molecule has 0 bridgehead atoms. The first-order chi connectivity index (χ1) is 12.6. The van der Waals surface area contributed by atoms with Crippen LogP contribution in [-0.4, -0.2) is 50.6 Å². The third-order valence-electron chi connectivity index (χ3n) is 3.77. The fraction of sp³-hybridized carbons (Fsp3) is 0.300. The fourth-order valence-corrected chi connectivity index (χ4v) is 2.30. The first-order valence-corrected chi connectivity index (χ1v) is 8.47. The van der Waals surface area contributed by atoms with E-state index in [0.717, 1.165) is 5.75 Å².